The molecule has 0 aliphatic heterocycles. The van der Waals surface area contributed by atoms with E-state index in [0.717, 1.165) is 51.4 Å². The third-order valence-electron chi connectivity index (χ3n) is 6.43. The highest BCUT2D eigenvalue weighted by Gasteiger charge is 2.29. The number of benzene rings is 2. The average Bonchev–Trinajstić information content (AvgIpc) is 3.45. The fourth-order valence-electron chi connectivity index (χ4n) is 4.56. The number of hydrogen-bond donors (Lipinski definition) is 1. The molecule has 0 amide bonds. The number of thiazole rings is 1. The van der Waals surface area contributed by atoms with Crippen LogP contribution < -0.4 is 0 Å². The first-order chi connectivity index (χ1) is 16.6. The summed E-state index contributed by atoms with van der Waals surface area (Å²) >= 11 is 3.28. The maximum absolute atomic E-state index is 10.9. The Hall–Kier alpha value is -3.53. The smallest absolute Gasteiger partial charge is 0.328 e. The Kier molecular flexibility index (Phi) is 6.14. The van der Waals surface area contributed by atoms with Gasteiger partial charge in [0.1, 0.15) is 6.07 Å². The number of nitriles is 1. The van der Waals surface area contributed by atoms with E-state index in [9.17, 15) is 10.1 Å². The molecule has 1 aliphatic carbocycles. The SMILES string of the molecule is Cc1sccc1C(=C(c1ccc(C=CC(=O)O)cc1)c1ccc2scnc2c1C#N)C1CCC1. The van der Waals surface area contributed by atoms with E-state index in [4.69, 9.17) is 5.11 Å². The van der Waals surface area contributed by atoms with Crippen LogP contribution in [0.3, 0.4) is 0 Å². The topological polar surface area (TPSA) is 74.0 Å². The van der Waals surface area contributed by atoms with Crippen LogP contribution in [0, 0.1) is 24.2 Å². The van der Waals surface area contributed by atoms with Gasteiger partial charge in [0.15, 0.2) is 0 Å². The summed E-state index contributed by atoms with van der Waals surface area (Å²) in [5, 5.41) is 21.3. The minimum Gasteiger partial charge on any atom is -0.478 e. The van der Waals surface area contributed by atoms with Crippen molar-refractivity contribution in [2.24, 2.45) is 5.92 Å². The lowest BCUT2D eigenvalue weighted by molar-refractivity contribution is -0.131. The lowest BCUT2D eigenvalue weighted by Gasteiger charge is -2.32. The van der Waals surface area contributed by atoms with Crippen LogP contribution >= 0.6 is 22.7 Å². The number of hydrogen-bond acceptors (Lipinski definition) is 5. The monoisotopic (exact) mass is 482 g/mol. The zero-order valence-corrected chi connectivity index (χ0v) is 20.2. The molecule has 168 valence electrons. The predicted octanol–water partition coefficient (Wildman–Crippen LogP) is 7.39. The number of rotatable bonds is 6. The highest BCUT2D eigenvalue weighted by molar-refractivity contribution is 7.16. The molecule has 6 heteroatoms. The van der Waals surface area contributed by atoms with Crippen LogP contribution in [0.4, 0.5) is 0 Å². The van der Waals surface area contributed by atoms with E-state index in [1.165, 1.54) is 22.4 Å². The number of fused-ring (bicyclic) bond motifs is 1. The van der Waals surface area contributed by atoms with E-state index in [2.05, 4.69) is 41.6 Å². The number of aliphatic carboxylic acids is 1. The number of carboxylic acids is 1. The molecule has 2 aromatic carbocycles. The van der Waals surface area contributed by atoms with E-state index in [-0.39, 0.29) is 0 Å². The van der Waals surface area contributed by atoms with Crippen LogP contribution in [0.5, 0.6) is 0 Å². The molecule has 1 N–H and O–H groups in total. The largest absolute Gasteiger partial charge is 0.478 e. The van der Waals surface area contributed by atoms with Gasteiger partial charge in [0.2, 0.25) is 0 Å². The molecule has 34 heavy (non-hydrogen) atoms. The second-order valence-electron chi connectivity index (χ2n) is 8.40. The Morgan fingerprint density at radius 3 is 2.53 bits per heavy atom. The minimum atomic E-state index is -0.972. The first-order valence-electron chi connectivity index (χ1n) is 11.1. The second-order valence-corrected chi connectivity index (χ2v) is 10.4. The molecular weight excluding hydrogens is 460 g/mol. The number of thiophene rings is 1. The summed E-state index contributed by atoms with van der Waals surface area (Å²) in [4.78, 5) is 16.7. The van der Waals surface area contributed by atoms with Crippen LogP contribution in [-0.2, 0) is 4.79 Å². The fourth-order valence-corrected chi connectivity index (χ4v) is 5.96. The van der Waals surface area contributed by atoms with Crippen molar-refractivity contribution < 1.29 is 9.90 Å². The van der Waals surface area contributed by atoms with Crippen molar-refractivity contribution in [3.05, 3.63) is 92.1 Å². The number of nitrogens with zero attached hydrogens (tertiary/aromatic N) is 2. The predicted molar refractivity (Wildman–Crippen MR) is 140 cm³/mol. The first kappa shape index (κ1) is 22.3. The molecule has 0 unspecified atom stereocenters. The van der Waals surface area contributed by atoms with Crippen LogP contribution in [0.1, 0.15) is 52.0 Å². The van der Waals surface area contributed by atoms with Gasteiger partial charge in [0.05, 0.1) is 21.3 Å². The lowest BCUT2D eigenvalue weighted by atomic mass is 9.72. The molecule has 0 saturated heterocycles. The molecule has 0 spiro atoms. The summed E-state index contributed by atoms with van der Waals surface area (Å²) in [7, 11) is 0. The Labute approximate surface area is 206 Å². The van der Waals surface area contributed by atoms with E-state index in [0.29, 0.717) is 11.5 Å². The van der Waals surface area contributed by atoms with Crippen LogP contribution in [-0.4, -0.2) is 16.1 Å². The molecule has 1 aliphatic rings. The summed E-state index contributed by atoms with van der Waals surface area (Å²) in [5.74, 6) is -0.535. The van der Waals surface area contributed by atoms with Crippen molar-refractivity contribution in [3.8, 4) is 6.07 Å². The Bertz CT molecular complexity index is 1480. The summed E-state index contributed by atoms with van der Waals surface area (Å²) < 4.78 is 1.01. The Balaban J connectivity index is 1.79. The van der Waals surface area contributed by atoms with Gasteiger partial charge in [-0.1, -0.05) is 36.8 Å². The summed E-state index contributed by atoms with van der Waals surface area (Å²) in [6.45, 7) is 2.16. The van der Waals surface area contributed by atoms with Crippen LogP contribution in [0.2, 0.25) is 0 Å². The number of carboxylic acid groups (broad SMARTS) is 1. The maximum atomic E-state index is 10.9. The third kappa shape index (κ3) is 4.09. The van der Waals surface area contributed by atoms with Gasteiger partial charge in [-0.3, -0.25) is 0 Å². The fraction of sp³-hybridized carbons (Fsp3) is 0.179. The van der Waals surface area contributed by atoms with E-state index >= 15 is 0 Å². The zero-order chi connectivity index (χ0) is 23.7. The van der Waals surface area contributed by atoms with E-state index in [1.807, 2.05) is 24.3 Å². The van der Waals surface area contributed by atoms with Crippen LogP contribution in [0.15, 0.2) is 59.4 Å². The second kappa shape index (κ2) is 9.38. The van der Waals surface area contributed by atoms with Gasteiger partial charge in [-0.2, -0.15) is 5.26 Å². The van der Waals surface area contributed by atoms with Gasteiger partial charge < -0.3 is 5.11 Å². The molecule has 2 heterocycles. The van der Waals surface area contributed by atoms with Crippen molar-refractivity contribution >= 4 is 56.1 Å². The van der Waals surface area contributed by atoms with Crippen molar-refractivity contribution in [1.29, 1.82) is 5.26 Å². The number of aromatic nitrogens is 1. The van der Waals surface area contributed by atoms with Crippen LogP contribution in [0.25, 0.3) is 27.4 Å². The minimum absolute atomic E-state index is 0.438. The third-order valence-corrected chi connectivity index (χ3v) is 8.07. The van der Waals surface area contributed by atoms with Crippen molar-refractivity contribution in [2.75, 3.05) is 0 Å². The highest BCUT2D eigenvalue weighted by Crippen LogP contribution is 2.47. The van der Waals surface area contributed by atoms with Gasteiger partial charge in [-0.25, -0.2) is 9.78 Å². The van der Waals surface area contributed by atoms with Gasteiger partial charge in [0.25, 0.3) is 0 Å². The van der Waals surface area contributed by atoms with Crippen molar-refractivity contribution in [2.45, 2.75) is 26.2 Å². The normalized spacial score (nSPS) is 14.7. The zero-order valence-electron chi connectivity index (χ0n) is 18.6. The lowest BCUT2D eigenvalue weighted by Crippen LogP contribution is -2.15. The molecule has 5 rings (SSSR count). The molecule has 0 atom stereocenters. The Morgan fingerprint density at radius 1 is 1.12 bits per heavy atom. The summed E-state index contributed by atoms with van der Waals surface area (Å²) in [6.07, 6.45) is 6.21. The van der Waals surface area contributed by atoms with Crippen molar-refractivity contribution in [3.63, 3.8) is 0 Å². The molecule has 1 fully saturated rings. The maximum Gasteiger partial charge on any atom is 0.328 e. The summed E-state index contributed by atoms with van der Waals surface area (Å²) in [5.41, 5.74) is 9.51. The molecule has 2 aromatic heterocycles. The van der Waals surface area contributed by atoms with E-state index in [1.54, 1.807) is 34.3 Å². The van der Waals surface area contributed by atoms with Gasteiger partial charge in [-0.15, -0.1) is 22.7 Å². The Morgan fingerprint density at radius 2 is 1.91 bits per heavy atom. The standard InChI is InChI=1S/C28H22N2O2S2/c1-17-21(13-14-33-17)26(19-3-2-4-19)27(20-8-5-18(6-9-20)7-12-25(31)32)22-10-11-24-28(23(22)15-29)30-16-34-24/h5-14,16,19H,2-4H2,1H3,(H,31,32). The molecular formula is C28H22N2O2S2. The number of carbonyl (C=O) groups is 1. The first-order valence-corrected chi connectivity index (χ1v) is 12.9. The highest BCUT2D eigenvalue weighted by atomic mass is 32.1. The molecule has 0 bridgehead atoms. The molecule has 4 nitrogen and oxygen atoms in total. The number of aryl methyl sites for hydroxylation is 1. The molecule has 1 saturated carbocycles. The van der Waals surface area contributed by atoms with Gasteiger partial charge in [0, 0.05) is 16.5 Å². The van der Waals surface area contributed by atoms with E-state index < -0.39 is 5.97 Å². The molecule has 4 aromatic rings. The quantitative estimate of drug-likeness (QED) is 0.291. The average molecular weight is 483 g/mol. The molecule has 0 radical (unpaired) electrons. The summed E-state index contributed by atoms with van der Waals surface area (Å²) in [6, 6.07) is 16.7. The van der Waals surface area contributed by atoms with Gasteiger partial charge >= 0.3 is 5.97 Å². The van der Waals surface area contributed by atoms with Gasteiger partial charge in [-0.05, 0) is 77.1 Å². The van der Waals surface area contributed by atoms with Crippen molar-refractivity contribution in [1.82, 2.24) is 4.98 Å². The number of allylic oxidation sites excluding steroid dienone is 1.